The molecule has 1 amide bonds. The van der Waals surface area contributed by atoms with Crippen molar-refractivity contribution in [3.63, 3.8) is 0 Å². The molecule has 3 N–H and O–H groups in total. The zero-order valence-electron chi connectivity index (χ0n) is 12.0. The molecule has 0 fully saturated rings. The molecule has 0 spiro atoms. The summed E-state index contributed by atoms with van der Waals surface area (Å²) in [7, 11) is 0. The molecule has 1 aliphatic heterocycles. The van der Waals surface area contributed by atoms with Gasteiger partial charge < -0.3 is 15.7 Å². The van der Waals surface area contributed by atoms with Crippen LogP contribution < -0.4 is 10.6 Å². The largest absolute Gasteiger partial charge is 0.480 e. The second-order valence-electron chi connectivity index (χ2n) is 5.06. The molecule has 114 valence electrons. The smallest absolute Gasteiger partial charge is 0.326 e. The predicted molar refractivity (Wildman–Crippen MR) is 83.5 cm³/mol. The standard InChI is InChI=1S/C15H20N2O3S/c1-21-7-6-13(15(19)20)17-14(18)12-9-16-8-10-4-2-3-5-11(10)12/h2-5,12-13,16H,6-9H2,1H3,(H,17,18)(H,19,20)/t12?,13-/m0/s1. The van der Waals surface area contributed by atoms with Crippen molar-refractivity contribution in [2.24, 2.45) is 0 Å². The highest BCUT2D eigenvalue weighted by Gasteiger charge is 2.29. The number of fused-ring (bicyclic) bond motifs is 1. The lowest BCUT2D eigenvalue weighted by Gasteiger charge is -2.26. The van der Waals surface area contributed by atoms with Crippen LogP contribution in [0.5, 0.6) is 0 Å². The highest BCUT2D eigenvalue weighted by molar-refractivity contribution is 7.98. The van der Waals surface area contributed by atoms with Crippen molar-refractivity contribution in [3.8, 4) is 0 Å². The van der Waals surface area contributed by atoms with Crippen LogP contribution >= 0.6 is 11.8 Å². The van der Waals surface area contributed by atoms with Crippen LogP contribution in [0.3, 0.4) is 0 Å². The van der Waals surface area contributed by atoms with Gasteiger partial charge in [-0.05, 0) is 29.6 Å². The molecule has 1 heterocycles. The van der Waals surface area contributed by atoms with Crippen LogP contribution in [0.2, 0.25) is 0 Å². The molecule has 0 aromatic heterocycles. The fourth-order valence-corrected chi connectivity index (χ4v) is 2.97. The first kappa shape index (κ1) is 15.9. The topological polar surface area (TPSA) is 78.4 Å². The van der Waals surface area contributed by atoms with Crippen molar-refractivity contribution in [1.29, 1.82) is 0 Å². The summed E-state index contributed by atoms with van der Waals surface area (Å²) in [5.41, 5.74) is 2.09. The molecular weight excluding hydrogens is 288 g/mol. The van der Waals surface area contributed by atoms with E-state index in [0.717, 1.165) is 17.7 Å². The maximum atomic E-state index is 12.4. The van der Waals surface area contributed by atoms with Crippen LogP contribution in [0, 0.1) is 0 Å². The summed E-state index contributed by atoms with van der Waals surface area (Å²) < 4.78 is 0. The first-order chi connectivity index (χ1) is 10.1. The molecule has 0 aliphatic carbocycles. The number of amides is 1. The summed E-state index contributed by atoms with van der Waals surface area (Å²) in [5, 5.41) is 15.1. The lowest BCUT2D eigenvalue weighted by molar-refractivity contribution is -0.142. The molecule has 0 saturated carbocycles. The molecule has 1 aromatic rings. The number of hydrogen-bond acceptors (Lipinski definition) is 4. The maximum Gasteiger partial charge on any atom is 0.326 e. The van der Waals surface area contributed by atoms with E-state index in [4.69, 9.17) is 0 Å². The van der Waals surface area contributed by atoms with Gasteiger partial charge in [0.1, 0.15) is 6.04 Å². The lowest BCUT2D eigenvalue weighted by Crippen LogP contribution is -2.46. The van der Waals surface area contributed by atoms with Gasteiger partial charge in [-0.25, -0.2) is 4.79 Å². The number of benzene rings is 1. The summed E-state index contributed by atoms with van der Waals surface area (Å²) in [6.45, 7) is 1.28. The molecule has 6 heteroatoms. The summed E-state index contributed by atoms with van der Waals surface area (Å²) in [6.07, 6.45) is 2.35. The fourth-order valence-electron chi connectivity index (χ4n) is 2.50. The second kappa shape index (κ2) is 7.47. The van der Waals surface area contributed by atoms with Gasteiger partial charge in [0, 0.05) is 13.1 Å². The van der Waals surface area contributed by atoms with Crippen molar-refractivity contribution in [1.82, 2.24) is 10.6 Å². The highest BCUT2D eigenvalue weighted by Crippen LogP contribution is 2.24. The van der Waals surface area contributed by atoms with E-state index >= 15 is 0 Å². The van der Waals surface area contributed by atoms with Gasteiger partial charge >= 0.3 is 5.97 Å². The van der Waals surface area contributed by atoms with Crippen molar-refractivity contribution < 1.29 is 14.7 Å². The van der Waals surface area contributed by atoms with E-state index in [2.05, 4.69) is 10.6 Å². The summed E-state index contributed by atoms with van der Waals surface area (Å²) in [5.74, 6) is -0.819. The number of aliphatic carboxylic acids is 1. The minimum Gasteiger partial charge on any atom is -0.480 e. The zero-order chi connectivity index (χ0) is 15.2. The van der Waals surface area contributed by atoms with Crippen molar-refractivity contribution >= 4 is 23.6 Å². The third kappa shape index (κ3) is 3.98. The Morgan fingerprint density at radius 3 is 2.95 bits per heavy atom. The summed E-state index contributed by atoms with van der Waals surface area (Å²) in [6, 6.07) is 6.97. The molecule has 0 radical (unpaired) electrons. The first-order valence-corrected chi connectivity index (χ1v) is 8.33. The van der Waals surface area contributed by atoms with Gasteiger partial charge in [0.15, 0.2) is 0 Å². The molecule has 1 aromatic carbocycles. The van der Waals surface area contributed by atoms with E-state index in [-0.39, 0.29) is 11.8 Å². The van der Waals surface area contributed by atoms with Gasteiger partial charge in [-0.1, -0.05) is 24.3 Å². The maximum absolute atomic E-state index is 12.4. The molecule has 1 aliphatic rings. The average Bonchev–Trinajstić information content (AvgIpc) is 2.50. The zero-order valence-corrected chi connectivity index (χ0v) is 12.8. The Balaban J connectivity index is 2.08. The predicted octanol–water partition coefficient (Wildman–Crippen LogP) is 1.20. The minimum absolute atomic E-state index is 0.219. The van der Waals surface area contributed by atoms with Gasteiger partial charge in [-0.2, -0.15) is 11.8 Å². The third-order valence-corrected chi connectivity index (χ3v) is 4.28. The SMILES string of the molecule is CSCC[C@H](NC(=O)C1CNCc2ccccc21)C(=O)O. The summed E-state index contributed by atoms with van der Waals surface area (Å²) >= 11 is 1.57. The number of nitrogens with one attached hydrogen (secondary N) is 2. The molecule has 2 atom stereocenters. The Labute approximate surface area is 128 Å². The lowest BCUT2D eigenvalue weighted by atomic mass is 9.90. The van der Waals surface area contributed by atoms with Gasteiger partial charge in [0.25, 0.3) is 0 Å². The quantitative estimate of drug-likeness (QED) is 0.736. The first-order valence-electron chi connectivity index (χ1n) is 6.94. The number of rotatable bonds is 6. The number of thioether (sulfide) groups is 1. The number of carboxylic acid groups (broad SMARTS) is 1. The third-order valence-electron chi connectivity index (χ3n) is 3.64. The number of carbonyl (C=O) groups excluding carboxylic acids is 1. The highest BCUT2D eigenvalue weighted by atomic mass is 32.2. The fraction of sp³-hybridized carbons (Fsp3) is 0.467. The Morgan fingerprint density at radius 1 is 1.48 bits per heavy atom. The molecule has 2 rings (SSSR count). The Hall–Kier alpha value is -1.53. The van der Waals surface area contributed by atoms with E-state index in [9.17, 15) is 14.7 Å². The Morgan fingerprint density at radius 2 is 2.24 bits per heavy atom. The van der Waals surface area contributed by atoms with Crippen LogP contribution in [0.1, 0.15) is 23.5 Å². The van der Waals surface area contributed by atoms with E-state index < -0.39 is 12.0 Å². The van der Waals surface area contributed by atoms with Crippen LogP contribution in [-0.2, 0) is 16.1 Å². The van der Waals surface area contributed by atoms with Crippen LogP contribution in [0.15, 0.2) is 24.3 Å². The minimum atomic E-state index is -0.977. The molecule has 0 bridgehead atoms. The monoisotopic (exact) mass is 308 g/mol. The van der Waals surface area contributed by atoms with E-state index in [1.807, 2.05) is 30.5 Å². The van der Waals surface area contributed by atoms with Gasteiger partial charge in [-0.15, -0.1) is 0 Å². The molecular formula is C15H20N2O3S. The molecule has 5 nitrogen and oxygen atoms in total. The number of carbonyl (C=O) groups is 2. The van der Waals surface area contributed by atoms with Crippen LogP contribution in [0.4, 0.5) is 0 Å². The van der Waals surface area contributed by atoms with Crippen molar-refractivity contribution in [2.75, 3.05) is 18.6 Å². The van der Waals surface area contributed by atoms with E-state index in [1.54, 1.807) is 11.8 Å². The second-order valence-corrected chi connectivity index (χ2v) is 6.05. The molecule has 1 unspecified atom stereocenters. The molecule has 0 saturated heterocycles. The molecule has 21 heavy (non-hydrogen) atoms. The summed E-state index contributed by atoms with van der Waals surface area (Å²) in [4.78, 5) is 23.6. The number of hydrogen-bond donors (Lipinski definition) is 3. The Bertz CT molecular complexity index is 521. The normalized spacial score (nSPS) is 18.6. The van der Waals surface area contributed by atoms with E-state index in [0.29, 0.717) is 18.7 Å². The van der Waals surface area contributed by atoms with Crippen LogP contribution in [0.25, 0.3) is 0 Å². The van der Waals surface area contributed by atoms with Gasteiger partial charge in [-0.3, -0.25) is 4.79 Å². The van der Waals surface area contributed by atoms with Crippen molar-refractivity contribution in [2.45, 2.75) is 24.9 Å². The van der Waals surface area contributed by atoms with Gasteiger partial charge in [0.05, 0.1) is 5.92 Å². The van der Waals surface area contributed by atoms with Crippen molar-refractivity contribution in [3.05, 3.63) is 35.4 Å². The van der Waals surface area contributed by atoms with Crippen LogP contribution in [-0.4, -0.2) is 41.6 Å². The Kier molecular flexibility index (Phi) is 5.64. The van der Waals surface area contributed by atoms with Gasteiger partial charge in [0.2, 0.25) is 5.91 Å². The number of carboxylic acids is 1. The average molecular weight is 308 g/mol. The van der Waals surface area contributed by atoms with E-state index in [1.165, 1.54) is 0 Å².